The normalized spacial score (nSPS) is 18.4. The molecule has 1 atom stereocenters. The van der Waals surface area contributed by atoms with Crippen LogP contribution >= 0.6 is 23.2 Å². The van der Waals surface area contributed by atoms with Gasteiger partial charge in [-0.15, -0.1) is 0 Å². The van der Waals surface area contributed by atoms with E-state index in [0.717, 1.165) is 11.1 Å². The largest absolute Gasteiger partial charge is 0.370 e. The van der Waals surface area contributed by atoms with E-state index in [9.17, 15) is 9.59 Å². The van der Waals surface area contributed by atoms with Gasteiger partial charge in [-0.3, -0.25) is 14.5 Å². The van der Waals surface area contributed by atoms with Crippen molar-refractivity contribution >= 4 is 40.7 Å². The van der Waals surface area contributed by atoms with Gasteiger partial charge in [-0.1, -0.05) is 62.2 Å². The van der Waals surface area contributed by atoms with Crippen LogP contribution in [-0.2, 0) is 21.5 Å². The number of carbonyl (C=O) groups is 2. The quantitative estimate of drug-likeness (QED) is 0.650. The lowest BCUT2D eigenvalue weighted by Gasteiger charge is -2.43. The van der Waals surface area contributed by atoms with Crippen molar-refractivity contribution < 1.29 is 9.59 Å². The zero-order chi connectivity index (χ0) is 22.1. The number of nitrogens with zero attached hydrogens (tertiary/aromatic N) is 1. The van der Waals surface area contributed by atoms with Crippen LogP contribution in [0.25, 0.3) is 0 Å². The van der Waals surface area contributed by atoms with E-state index in [4.69, 9.17) is 28.9 Å². The van der Waals surface area contributed by atoms with Crippen molar-refractivity contribution in [2.24, 2.45) is 11.1 Å². The van der Waals surface area contributed by atoms with Crippen molar-refractivity contribution in [3.8, 4) is 0 Å². The Labute approximate surface area is 187 Å². The van der Waals surface area contributed by atoms with Crippen LogP contribution in [0.4, 0.5) is 5.69 Å². The average Bonchev–Trinajstić information content (AvgIpc) is 2.89. The van der Waals surface area contributed by atoms with E-state index < -0.39 is 11.4 Å². The lowest BCUT2D eigenvalue weighted by Crippen LogP contribution is -2.55. The molecule has 0 bridgehead atoms. The average molecular weight is 448 g/mol. The third kappa shape index (κ3) is 4.80. The van der Waals surface area contributed by atoms with E-state index in [0.29, 0.717) is 35.2 Å². The minimum absolute atomic E-state index is 0.117. The van der Waals surface area contributed by atoms with Gasteiger partial charge < -0.3 is 11.1 Å². The molecule has 160 valence electrons. The van der Waals surface area contributed by atoms with Gasteiger partial charge in [0.05, 0.1) is 0 Å². The van der Waals surface area contributed by atoms with Gasteiger partial charge in [0, 0.05) is 47.2 Å². The number of rotatable bonds is 7. The molecule has 0 saturated heterocycles. The zero-order valence-electron chi connectivity index (χ0n) is 17.5. The molecule has 1 aliphatic rings. The highest BCUT2D eigenvalue weighted by Gasteiger charge is 2.51. The SMILES string of the molecule is CC(C)(C)CN(CCC(N)=O)C1(Cc2cccc(Cl)c2)C(=O)Nc2cc(Cl)ccc21. The molecule has 0 aromatic heterocycles. The molecule has 5 nitrogen and oxygen atoms in total. The number of halogens is 2. The predicted octanol–water partition coefficient (Wildman–Crippen LogP) is 4.61. The Hall–Kier alpha value is -2.08. The minimum atomic E-state index is -1.01. The fraction of sp³-hybridized carbons (Fsp3) is 0.391. The van der Waals surface area contributed by atoms with Crippen molar-refractivity contribution in [3.05, 3.63) is 63.6 Å². The molecule has 1 heterocycles. The van der Waals surface area contributed by atoms with Gasteiger partial charge in [0.25, 0.3) is 0 Å². The van der Waals surface area contributed by atoms with Gasteiger partial charge in [-0.05, 0) is 35.2 Å². The highest BCUT2D eigenvalue weighted by Crippen LogP contribution is 2.45. The number of primary amides is 1. The summed E-state index contributed by atoms with van der Waals surface area (Å²) in [6.45, 7) is 7.27. The lowest BCUT2D eigenvalue weighted by atomic mass is 9.81. The summed E-state index contributed by atoms with van der Waals surface area (Å²) in [4.78, 5) is 27.3. The predicted molar refractivity (Wildman–Crippen MR) is 122 cm³/mol. The summed E-state index contributed by atoms with van der Waals surface area (Å²) in [5, 5.41) is 4.16. The third-order valence-corrected chi connectivity index (χ3v) is 5.70. The van der Waals surface area contributed by atoms with E-state index in [1.807, 2.05) is 24.3 Å². The Morgan fingerprint density at radius 3 is 2.47 bits per heavy atom. The molecule has 2 aromatic carbocycles. The fourth-order valence-corrected chi connectivity index (χ4v) is 4.48. The van der Waals surface area contributed by atoms with E-state index >= 15 is 0 Å². The van der Waals surface area contributed by atoms with Gasteiger partial charge in [-0.25, -0.2) is 0 Å². The first-order valence-electron chi connectivity index (χ1n) is 9.90. The van der Waals surface area contributed by atoms with Crippen molar-refractivity contribution in [3.63, 3.8) is 0 Å². The number of hydrogen-bond acceptors (Lipinski definition) is 3. The molecule has 3 N–H and O–H groups in total. The number of fused-ring (bicyclic) bond motifs is 1. The molecule has 2 aromatic rings. The molecule has 0 aliphatic carbocycles. The van der Waals surface area contributed by atoms with Crippen molar-refractivity contribution in [2.45, 2.75) is 39.2 Å². The Morgan fingerprint density at radius 2 is 1.83 bits per heavy atom. The number of amides is 2. The smallest absolute Gasteiger partial charge is 0.249 e. The molecule has 0 saturated carbocycles. The van der Waals surface area contributed by atoms with Crippen LogP contribution in [0.2, 0.25) is 10.0 Å². The number of nitrogens with one attached hydrogen (secondary N) is 1. The van der Waals surface area contributed by atoms with E-state index in [1.54, 1.807) is 18.2 Å². The molecule has 30 heavy (non-hydrogen) atoms. The van der Waals surface area contributed by atoms with Crippen molar-refractivity contribution in [1.29, 1.82) is 0 Å². The van der Waals surface area contributed by atoms with Gasteiger partial charge in [-0.2, -0.15) is 0 Å². The molecule has 0 radical (unpaired) electrons. The molecule has 0 spiro atoms. The topological polar surface area (TPSA) is 75.4 Å². The molecule has 2 amide bonds. The zero-order valence-corrected chi connectivity index (χ0v) is 19.0. The van der Waals surface area contributed by atoms with E-state index in [1.165, 1.54) is 0 Å². The van der Waals surface area contributed by atoms with Crippen LogP contribution in [0.3, 0.4) is 0 Å². The first-order chi connectivity index (χ1) is 14.0. The van der Waals surface area contributed by atoms with Gasteiger partial charge in [0.1, 0.15) is 5.54 Å². The highest BCUT2D eigenvalue weighted by molar-refractivity contribution is 6.31. The summed E-state index contributed by atoms with van der Waals surface area (Å²) < 4.78 is 0. The van der Waals surface area contributed by atoms with Crippen LogP contribution in [0.15, 0.2) is 42.5 Å². The Morgan fingerprint density at radius 1 is 1.13 bits per heavy atom. The second kappa shape index (κ2) is 8.58. The first kappa shape index (κ1) is 22.6. The number of benzene rings is 2. The van der Waals surface area contributed by atoms with Gasteiger partial charge >= 0.3 is 0 Å². The summed E-state index contributed by atoms with van der Waals surface area (Å²) >= 11 is 12.4. The standard InChI is InChI=1S/C23H27Cl2N3O2/c1-22(2,3)14-28(10-9-20(26)29)23(13-15-5-4-6-16(24)11-15)18-8-7-17(25)12-19(18)27-21(23)30/h4-8,11-12H,9-10,13-14H2,1-3H3,(H2,26,29)(H,27,30). The van der Waals surface area contributed by atoms with Crippen molar-refractivity contribution in [2.75, 3.05) is 18.4 Å². The number of nitrogens with two attached hydrogens (primary N) is 1. The molecule has 1 unspecified atom stereocenters. The second-order valence-corrected chi connectivity index (χ2v) is 9.88. The number of carbonyl (C=O) groups excluding carboxylic acids is 2. The maximum absolute atomic E-state index is 13.6. The molecule has 1 aliphatic heterocycles. The summed E-state index contributed by atoms with van der Waals surface area (Å²) in [6, 6.07) is 12.9. The molecule has 3 rings (SSSR count). The summed E-state index contributed by atoms with van der Waals surface area (Å²) in [7, 11) is 0. The van der Waals surface area contributed by atoms with Crippen LogP contribution in [-0.4, -0.2) is 29.8 Å². The molecule has 7 heteroatoms. The monoisotopic (exact) mass is 447 g/mol. The minimum Gasteiger partial charge on any atom is -0.370 e. The highest BCUT2D eigenvalue weighted by atomic mass is 35.5. The second-order valence-electron chi connectivity index (χ2n) is 9.01. The summed E-state index contributed by atoms with van der Waals surface area (Å²) in [5.41, 5.74) is 6.80. The van der Waals surface area contributed by atoms with Crippen LogP contribution < -0.4 is 11.1 Å². The fourth-order valence-electron chi connectivity index (χ4n) is 4.09. The molecular weight excluding hydrogens is 421 g/mol. The Bertz CT molecular complexity index is 971. The van der Waals surface area contributed by atoms with Gasteiger partial charge in [0.15, 0.2) is 0 Å². The number of anilines is 1. The number of hydrogen-bond donors (Lipinski definition) is 2. The maximum atomic E-state index is 13.6. The molecule has 0 fully saturated rings. The Balaban J connectivity index is 2.17. The van der Waals surface area contributed by atoms with Crippen LogP contribution in [0, 0.1) is 5.41 Å². The van der Waals surface area contributed by atoms with Crippen LogP contribution in [0.5, 0.6) is 0 Å². The Kier molecular flexibility index (Phi) is 6.46. The van der Waals surface area contributed by atoms with E-state index in [-0.39, 0.29) is 17.7 Å². The van der Waals surface area contributed by atoms with Crippen LogP contribution in [0.1, 0.15) is 38.3 Å². The first-order valence-corrected chi connectivity index (χ1v) is 10.7. The van der Waals surface area contributed by atoms with Crippen molar-refractivity contribution in [1.82, 2.24) is 4.90 Å². The lowest BCUT2D eigenvalue weighted by molar-refractivity contribution is -0.130. The third-order valence-electron chi connectivity index (χ3n) is 5.23. The summed E-state index contributed by atoms with van der Waals surface area (Å²) in [5.74, 6) is -0.546. The summed E-state index contributed by atoms with van der Waals surface area (Å²) in [6.07, 6.45) is 0.562. The van der Waals surface area contributed by atoms with E-state index in [2.05, 4.69) is 31.0 Å². The van der Waals surface area contributed by atoms with Gasteiger partial charge in [0.2, 0.25) is 11.8 Å². The maximum Gasteiger partial charge on any atom is 0.249 e. The molecular formula is C23H27Cl2N3O2.